The van der Waals surface area contributed by atoms with Crippen molar-refractivity contribution in [2.45, 2.75) is 38.0 Å². The third kappa shape index (κ3) is 1.95. The maximum atomic E-state index is 11.6. The molecule has 0 saturated carbocycles. The Morgan fingerprint density at radius 2 is 2.28 bits per heavy atom. The summed E-state index contributed by atoms with van der Waals surface area (Å²) in [7, 11) is 0. The molecule has 18 heavy (non-hydrogen) atoms. The Bertz CT molecular complexity index is 477. The van der Waals surface area contributed by atoms with Gasteiger partial charge in [0.2, 0.25) is 5.91 Å². The van der Waals surface area contributed by atoms with Crippen LogP contribution in [0.4, 0.5) is 5.69 Å². The average molecular weight is 267 g/mol. The van der Waals surface area contributed by atoms with Gasteiger partial charge in [-0.1, -0.05) is 32.5 Å². The van der Waals surface area contributed by atoms with Gasteiger partial charge in [-0.3, -0.25) is 9.69 Å². The summed E-state index contributed by atoms with van der Waals surface area (Å²) in [5.74, 6) is 0.171. The van der Waals surface area contributed by atoms with Crippen LogP contribution in [0.3, 0.4) is 0 Å². The fourth-order valence-corrected chi connectivity index (χ4v) is 3.48. The first kappa shape index (κ1) is 12.1. The molecule has 1 saturated heterocycles. The molecule has 0 N–H and O–H groups in total. The molecule has 3 heterocycles. The number of hydrogen-bond acceptors (Lipinski definition) is 4. The standard InChI is InChI=1S/C13H17NO3S/c1-13(2,3)7-17-12-8-5-16-6-9(8)14-10(15)4-11(14)18-12/h5-6,11-12H,4,7H2,1-3H3/t11-,12?/m0/s1. The normalized spacial score (nSPS) is 26.6. The molecule has 2 aliphatic rings. The van der Waals surface area contributed by atoms with Crippen molar-refractivity contribution < 1.29 is 13.9 Å². The van der Waals surface area contributed by atoms with E-state index < -0.39 is 0 Å². The lowest BCUT2D eigenvalue weighted by Crippen LogP contribution is -2.53. The number of anilines is 1. The Morgan fingerprint density at radius 3 is 2.94 bits per heavy atom. The molecule has 0 radical (unpaired) electrons. The van der Waals surface area contributed by atoms with Gasteiger partial charge in [-0.2, -0.15) is 0 Å². The molecule has 5 heteroatoms. The van der Waals surface area contributed by atoms with Gasteiger partial charge in [-0.25, -0.2) is 0 Å². The van der Waals surface area contributed by atoms with Crippen molar-refractivity contribution in [3.8, 4) is 0 Å². The van der Waals surface area contributed by atoms with Crippen LogP contribution in [0.25, 0.3) is 0 Å². The zero-order valence-corrected chi connectivity index (χ0v) is 11.6. The summed E-state index contributed by atoms with van der Waals surface area (Å²) in [6, 6.07) is 0. The van der Waals surface area contributed by atoms with Crippen LogP contribution in [-0.2, 0) is 9.53 Å². The van der Waals surface area contributed by atoms with Crippen molar-refractivity contribution >= 4 is 23.4 Å². The highest BCUT2D eigenvalue weighted by atomic mass is 32.2. The third-order valence-electron chi connectivity index (χ3n) is 3.04. The Labute approximate surface area is 111 Å². The van der Waals surface area contributed by atoms with Crippen LogP contribution in [0.15, 0.2) is 16.9 Å². The number of rotatable bonds is 2. The number of furan rings is 1. The molecule has 3 rings (SSSR count). The number of β-lactam (4-membered cyclic amide) rings is 1. The van der Waals surface area contributed by atoms with Gasteiger partial charge in [-0.15, -0.1) is 0 Å². The molecule has 4 nitrogen and oxygen atoms in total. The summed E-state index contributed by atoms with van der Waals surface area (Å²) >= 11 is 1.70. The minimum Gasteiger partial charge on any atom is -0.470 e. The highest BCUT2D eigenvalue weighted by Gasteiger charge is 2.46. The molecule has 2 atom stereocenters. The van der Waals surface area contributed by atoms with Gasteiger partial charge in [0.15, 0.2) is 0 Å². The fraction of sp³-hybridized carbons (Fsp3) is 0.615. The van der Waals surface area contributed by atoms with Crippen molar-refractivity contribution in [1.82, 2.24) is 0 Å². The second-order valence-corrected chi connectivity index (χ2v) is 7.22. The van der Waals surface area contributed by atoms with Gasteiger partial charge < -0.3 is 9.15 Å². The number of hydrogen-bond donors (Lipinski definition) is 0. The molecule has 0 aromatic carbocycles. The summed E-state index contributed by atoms with van der Waals surface area (Å²) in [6.45, 7) is 7.14. The molecule has 0 spiro atoms. The Hall–Kier alpha value is -0.940. The molecule has 1 amide bonds. The van der Waals surface area contributed by atoms with Crippen molar-refractivity contribution in [1.29, 1.82) is 0 Å². The maximum absolute atomic E-state index is 11.6. The lowest BCUT2D eigenvalue weighted by molar-refractivity contribution is -0.122. The molecule has 98 valence electrons. The second kappa shape index (κ2) is 4.03. The van der Waals surface area contributed by atoms with Gasteiger partial charge in [0.25, 0.3) is 0 Å². The summed E-state index contributed by atoms with van der Waals surface area (Å²) in [4.78, 5) is 13.4. The highest BCUT2D eigenvalue weighted by Crippen LogP contribution is 2.51. The van der Waals surface area contributed by atoms with Crippen LogP contribution in [0.2, 0.25) is 0 Å². The Morgan fingerprint density at radius 1 is 1.50 bits per heavy atom. The molecular weight excluding hydrogens is 250 g/mol. The number of carbonyl (C=O) groups is 1. The summed E-state index contributed by atoms with van der Waals surface area (Å²) in [5, 5.41) is 0.215. The Balaban J connectivity index is 1.80. The molecular formula is C13H17NO3S. The molecule has 1 aromatic rings. The summed E-state index contributed by atoms with van der Waals surface area (Å²) in [6.07, 6.45) is 3.94. The summed E-state index contributed by atoms with van der Waals surface area (Å²) < 4.78 is 11.2. The number of fused-ring (bicyclic) bond motifs is 3. The molecule has 1 fully saturated rings. The van der Waals surface area contributed by atoms with E-state index in [-0.39, 0.29) is 22.1 Å². The maximum Gasteiger partial charge on any atom is 0.231 e. The van der Waals surface area contributed by atoms with Gasteiger partial charge in [-0.05, 0) is 5.41 Å². The van der Waals surface area contributed by atoms with Gasteiger partial charge in [0.05, 0.1) is 35.9 Å². The van der Waals surface area contributed by atoms with Crippen LogP contribution in [0, 0.1) is 5.41 Å². The smallest absolute Gasteiger partial charge is 0.231 e. The van der Waals surface area contributed by atoms with Crippen LogP contribution in [-0.4, -0.2) is 17.9 Å². The third-order valence-corrected chi connectivity index (χ3v) is 4.37. The first-order chi connectivity index (χ1) is 8.46. The van der Waals surface area contributed by atoms with E-state index in [1.54, 1.807) is 29.2 Å². The number of thioether (sulfide) groups is 1. The van der Waals surface area contributed by atoms with Crippen LogP contribution >= 0.6 is 11.8 Å². The van der Waals surface area contributed by atoms with Crippen LogP contribution in [0.1, 0.15) is 38.2 Å². The molecule has 0 bridgehead atoms. The van der Waals surface area contributed by atoms with Gasteiger partial charge in [0, 0.05) is 0 Å². The minimum absolute atomic E-state index is 0.0210. The van der Waals surface area contributed by atoms with E-state index in [9.17, 15) is 4.79 Å². The number of amides is 1. The van der Waals surface area contributed by atoms with Crippen molar-refractivity contribution in [2.24, 2.45) is 5.41 Å². The largest absolute Gasteiger partial charge is 0.470 e. The molecule has 1 unspecified atom stereocenters. The fourth-order valence-electron chi connectivity index (χ4n) is 2.13. The van der Waals surface area contributed by atoms with Crippen LogP contribution in [0.5, 0.6) is 0 Å². The predicted octanol–water partition coefficient (Wildman–Crippen LogP) is 3.15. The van der Waals surface area contributed by atoms with E-state index in [1.165, 1.54) is 0 Å². The molecule has 2 aliphatic heterocycles. The predicted molar refractivity (Wildman–Crippen MR) is 70.3 cm³/mol. The first-order valence-electron chi connectivity index (χ1n) is 6.11. The lowest BCUT2D eigenvalue weighted by Gasteiger charge is -2.45. The SMILES string of the molecule is CC(C)(C)COC1S[C@H]2CC(=O)N2c2cocc21. The minimum atomic E-state index is -0.0210. The number of carbonyl (C=O) groups excluding carboxylic acids is 1. The number of nitrogens with zero attached hydrogens (tertiary/aromatic N) is 1. The van der Waals surface area contributed by atoms with E-state index in [2.05, 4.69) is 20.8 Å². The zero-order chi connectivity index (χ0) is 12.9. The highest BCUT2D eigenvalue weighted by molar-refractivity contribution is 8.00. The van der Waals surface area contributed by atoms with E-state index in [4.69, 9.17) is 9.15 Å². The Kier molecular flexibility index (Phi) is 2.71. The second-order valence-electron chi connectivity index (χ2n) is 5.97. The average Bonchev–Trinajstić information content (AvgIpc) is 2.70. The quantitative estimate of drug-likeness (QED) is 0.772. The van der Waals surface area contributed by atoms with Gasteiger partial charge in [0.1, 0.15) is 11.7 Å². The molecule has 1 aromatic heterocycles. The van der Waals surface area contributed by atoms with Crippen molar-refractivity contribution in [3.63, 3.8) is 0 Å². The lowest BCUT2D eigenvalue weighted by atomic mass is 9.99. The van der Waals surface area contributed by atoms with Crippen LogP contribution < -0.4 is 4.90 Å². The van der Waals surface area contributed by atoms with Gasteiger partial charge >= 0.3 is 0 Å². The number of ether oxygens (including phenoxy) is 1. The molecule has 0 aliphatic carbocycles. The van der Waals surface area contributed by atoms with E-state index in [0.717, 1.165) is 11.3 Å². The first-order valence-corrected chi connectivity index (χ1v) is 7.05. The topological polar surface area (TPSA) is 42.7 Å². The van der Waals surface area contributed by atoms with E-state index in [0.29, 0.717) is 13.0 Å². The summed E-state index contributed by atoms with van der Waals surface area (Å²) in [5.41, 5.74) is 1.98. The van der Waals surface area contributed by atoms with Crippen molar-refractivity contribution in [2.75, 3.05) is 11.5 Å². The zero-order valence-electron chi connectivity index (χ0n) is 10.8. The van der Waals surface area contributed by atoms with E-state index in [1.807, 2.05) is 0 Å². The monoisotopic (exact) mass is 267 g/mol. The van der Waals surface area contributed by atoms with E-state index >= 15 is 0 Å². The van der Waals surface area contributed by atoms with Crippen molar-refractivity contribution in [3.05, 3.63) is 18.1 Å².